The molecular weight excluding hydrogens is 327 g/mol. The minimum Gasteiger partial charge on any atom is -0.467 e. The molecule has 2 aromatic carbocycles. The van der Waals surface area contributed by atoms with Crippen molar-refractivity contribution < 1.29 is 9.47 Å². The van der Waals surface area contributed by atoms with Crippen molar-refractivity contribution in [2.45, 2.75) is 19.0 Å². The molecule has 3 heteroatoms. The van der Waals surface area contributed by atoms with Crippen LogP contribution in [0.15, 0.2) is 78.9 Å². The van der Waals surface area contributed by atoms with Crippen LogP contribution in [0.5, 0.6) is 5.75 Å². The summed E-state index contributed by atoms with van der Waals surface area (Å²) in [4.78, 5) is 0. The molecule has 25 heavy (non-hydrogen) atoms. The summed E-state index contributed by atoms with van der Waals surface area (Å²) in [5.74, 6) is 1.39. The summed E-state index contributed by atoms with van der Waals surface area (Å²) < 4.78 is 11.1. The monoisotopic (exact) mass is 352 g/mol. The topological polar surface area (TPSA) is 18.5 Å². The van der Waals surface area contributed by atoms with Gasteiger partial charge in [0, 0.05) is 17.6 Å². The third-order valence-corrected chi connectivity index (χ3v) is 7.86. The summed E-state index contributed by atoms with van der Waals surface area (Å²) in [6.45, 7) is 4.86. The van der Waals surface area contributed by atoms with Crippen LogP contribution in [0, 0.1) is 5.92 Å². The van der Waals surface area contributed by atoms with Gasteiger partial charge in [0.25, 0.3) is 0 Å². The number of allylic oxidation sites excluding steroid dienone is 4. The zero-order chi connectivity index (χ0) is 17.7. The minimum atomic E-state index is -0.667. The first-order valence-electron chi connectivity index (χ1n) is 8.62. The van der Waals surface area contributed by atoms with Gasteiger partial charge in [-0.1, -0.05) is 86.7 Å². The summed E-state index contributed by atoms with van der Waals surface area (Å²) >= 11 is 0. The summed E-state index contributed by atoms with van der Waals surface area (Å²) in [7, 11) is 0.986. The van der Waals surface area contributed by atoms with Crippen LogP contribution >= 0.6 is 7.92 Å². The van der Waals surface area contributed by atoms with Crippen molar-refractivity contribution in [3.8, 4) is 5.75 Å². The average Bonchev–Trinajstić information content (AvgIpc) is 3.13. The second-order valence-electron chi connectivity index (χ2n) is 6.45. The Labute approximate surface area is 151 Å². The smallest absolute Gasteiger partial charge is 0.188 e. The van der Waals surface area contributed by atoms with Crippen molar-refractivity contribution in [1.82, 2.24) is 0 Å². The minimum absolute atomic E-state index is 0.0107. The molecule has 2 aromatic rings. The lowest BCUT2D eigenvalue weighted by molar-refractivity contribution is 0.0519. The van der Waals surface area contributed by atoms with Gasteiger partial charge >= 0.3 is 0 Å². The van der Waals surface area contributed by atoms with Crippen LogP contribution < -0.4 is 15.3 Å². The maximum Gasteiger partial charge on any atom is 0.188 e. The summed E-state index contributed by atoms with van der Waals surface area (Å²) in [6, 6.07) is 19.2. The molecule has 0 aliphatic heterocycles. The molecule has 0 heterocycles. The number of rotatable bonds is 7. The molecule has 0 saturated carbocycles. The predicted molar refractivity (Wildman–Crippen MR) is 107 cm³/mol. The molecule has 0 saturated heterocycles. The highest BCUT2D eigenvalue weighted by Crippen LogP contribution is 2.56. The van der Waals surface area contributed by atoms with E-state index in [9.17, 15) is 0 Å². The second-order valence-corrected chi connectivity index (χ2v) is 8.89. The lowest BCUT2D eigenvalue weighted by Crippen LogP contribution is -2.35. The summed E-state index contributed by atoms with van der Waals surface area (Å²) in [5.41, 5.74) is 0. The lowest BCUT2D eigenvalue weighted by Gasteiger charge is -2.40. The first kappa shape index (κ1) is 17.9. The van der Waals surface area contributed by atoms with E-state index in [2.05, 4.69) is 80.6 Å². The van der Waals surface area contributed by atoms with Crippen LogP contribution in [0.4, 0.5) is 0 Å². The molecule has 1 atom stereocenters. The fourth-order valence-electron chi connectivity index (χ4n) is 3.30. The Morgan fingerprint density at radius 3 is 2.20 bits per heavy atom. The summed E-state index contributed by atoms with van der Waals surface area (Å²) in [5, 5.41) is 2.60. The van der Waals surface area contributed by atoms with Crippen molar-refractivity contribution in [2.75, 3.05) is 13.9 Å². The molecule has 0 spiro atoms. The first-order chi connectivity index (χ1) is 12.2. The van der Waals surface area contributed by atoms with E-state index in [-0.39, 0.29) is 11.9 Å². The van der Waals surface area contributed by atoms with Crippen molar-refractivity contribution in [3.63, 3.8) is 0 Å². The van der Waals surface area contributed by atoms with Crippen LogP contribution in [0.25, 0.3) is 0 Å². The zero-order valence-corrected chi connectivity index (χ0v) is 15.9. The maximum atomic E-state index is 5.92. The number of hydrogen-bond donors (Lipinski definition) is 0. The molecule has 0 fully saturated rings. The van der Waals surface area contributed by atoms with E-state index in [4.69, 9.17) is 9.47 Å². The van der Waals surface area contributed by atoms with Gasteiger partial charge in [-0.2, -0.15) is 0 Å². The fraction of sp³-hybridized carbons (Fsp3) is 0.273. The van der Waals surface area contributed by atoms with Crippen LogP contribution in [0.2, 0.25) is 0 Å². The second kappa shape index (κ2) is 7.99. The Hall–Kier alpha value is -1.89. The Balaban J connectivity index is 2.17. The molecule has 2 nitrogen and oxygen atoms in total. The van der Waals surface area contributed by atoms with Crippen LogP contribution in [-0.2, 0) is 4.74 Å². The van der Waals surface area contributed by atoms with Crippen LogP contribution in [0.1, 0.15) is 13.8 Å². The van der Waals surface area contributed by atoms with E-state index in [1.54, 1.807) is 7.11 Å². The van der Waals surface area contributed by atoms with Gasteiger partial charge in [0.05, 0.1) is 0 Å². The fourth-order valence-corrected chi connectivity index (χ4v) is 6.50. The number of para-hydroxylation sites is 1. The van der Waals surface area contributed by atoms with Gasteiger partial charge in [0.15, 0.2) is 6.79 Å². The molecule has 1 aliphatic rings. The molecule has 130 valence electrons. The largest absolute Gasteiger partial charge is 0.467 e. The maximum absolute atomic E-state index is 5.92. The van der Waals surface area contributed by atoms with Gasteiger partial charge in [0.1, 0.15) is 5.75 Å². The van der Waals surface area contributed by atoms with E-state index in [1.807, 2.05) is 12.1 Å². The first-order valence-corrected chi connectivity index (χ1v) is 9.96. The van der Waals surface area contributed by atoms with Crippen molar-refractivity contribution in [3.05, 3.63) is 78.9 Å². The Morgan fingerprint density at radius 2 is 1.56 bits per heavy atom. The van der Waals surface area contributed by atoms with E-state index >= 15 is 0 Å². The average molecular weight is 352 g/mol. The molecule has 3 rings (SSSR count). The van der Waals surface area contributed by atoms with Crippen molar-refractivity contribution >= 4 is 18.5 Å². The van der Waals surface area contributed by atoms with E-state index in [0.29, 0.717) is 5.92 Å². The van der Waals surface area contributed by atoms with Gasteiger partial charge in [-0.15, -0.1) is 0 Å². The third kappa shape index (κ3) is 3.56. The molecular formula is C22H25O2P. The Morgan fingerprint density at radius 1 is 0.920 bits per heavy atom. The highest BCUT2D eigenvalue weighted by Gasteiger charge is 2.41. The predicted octanol–water partition coefficient (Wildman–Crippen LogP) is 4.62. The molecule has 1 unspecified atom stereocenters. The molecule has 0 N–H and O–H groups in total. The number of ether oxygens (including phenoxy) is 2. The van der Waals surface area contributed by atoms with Crippen LogP contribution in [0.3, 0.4) is 0 Å². The van der Waals surface area contributed by atoms with Crippen molar-refractivity contribution in [1.29, 1.82) is 0 Å². The van der Waals surface area contributed by atoms with Gasteiger partial charge in [0.2, 0.25) is 0 Å². The van der Waals surface area contributed by atoms with E-state index in [1.165, 1.54) is 10.6 Å². The number of hydrogen-bond acceptors (Lipinski definition) is 2. The molecule has 0 radical (unpaired) electrons. The Kier molecular flexibility index (Phi) is 5.73. The zero-order valence-electron chi connectivity index (χ0n) is 15.1. The normalized spacial score (nSPS) is 16.3. The molecule has 1 aliphatic carbocycles. The van der Waals surface area contributed by atoms with Gasteiger partial charge in [-0.25, -0.2) is 0 Å². The third-order valence-electron chi connectivity index (χ3n) is 4.60. The quantitative estimate of drug-likeness (QED) is 0.535. The highest BCUT2D eigenvalue weighted by atomic mass is 31.1. The standard InChI is InChI=1S/C22H25O2P/c1-18(2)22(15-9-10-16-22)25(19-11-5-4-6-12-19)21-14-8-7-13-20(21)24-17-23-3/h4-16,18H,17H2,1-3H3. The van der Waals surface area contributed by atoms with Gasteiger partial charge < -0.3 is 9.47 Å². The lowest BCUT2D eigenvalue weighted by atomic mass is 9.96. The van der Waals surface area contributed by atoms with Crippen molar-refractivity contribution in [2.24, 2.45) is 5.92 Å². The van der Waals surface area contributed by atoms with Gasteiger partial charge in [-0.05, 0) is 25.2 Å². The number of methoxy groups -OCH3 is 1. The van der Waals surface area contributed by atoms with Crippen LogP contribution in [-0.4, -0.2) is 19.1 Å². The Bertz CT molecular complexity index is 738. The molecule has 0 bridgehead atoms. The SMILES string of the molecule is COCOc1ccccc1P(c1ccccc1)C1(C(C)C)C=CC=C1. The van der Waals surface area contributed by atoms with Gasteiger partial charge in [-0.3, -0.25) is 0 Å². The van der Waals surface area contributed by atoms with E-state index < -0.39 is 7.92 Å². The number of benzene rings is 2. The highest BCUT2D eigenvalue weighted by molar-refractivity contribution is 7.75. The molecule has 0 aromatic heterocycles. The molecule has 0 amide bonds. The summed E-state index contributed by atoms with van der Waals surface area (Å²) in [6.07, 6.45) is 9.08. The van der Waals surface area contributed by atoms with E-state index in [0.717, 1.165) is 5.75 Å².